The molecular weight excluding hydrogens is 364 g/mol. The standard InChI is InChI=1S/C21H36O5S/c1-13-4-7-17-16-6-5-14-12-15(22)8-10-20(14,2)18(16)9-11-21(17,3)19(13)26-27(23,24)25/h13-19,22H,4-12H2,1-3H3,(H,23,24,25). The topological polar surface area (TPSA) is 83.8 Å². The maximum absolute atomic E-state index is 11.5. The van der Waals surface area contributed by atoms with E-state index >= 15 is 0 Å². The van der Waals surface area contributed by atoms with Crippen molar-refractivity contribution in [3.8, 4) is 0 Å². The van der Waals surface area contributed by atoms with Crippen LogP contribution in [0.1, 0.15) is 78.6 Å². The Hall–Kier alpha value is -0.170. The SMILES string of the molecule is CC1CCC2C3CCC4CC(O)CCC4(C)C3CCC2(C)C1OS(=O)(=O)O. The third kappa shape index (κ3) is 3.28. The summed E-state index contributed by atoms with van der Waals surface area (Å²) in [7, 11) is -4.44. The molecule has 5 nitrogen and oxygen atoms in total. The Balaban J connectivity index is 1.62. The normalized spacial score (nSPS) is 53.1. The van der Waals surface area contributed by atoms with Gasteiger partial charge in [-0.2, -0.15) is 8.42 Å². The molecule has 27 heavy (non-hydrogen) atoms. The van der Waals surface area contributed by atoms with Crippen LogP contribution in [0, 0.1) is 40.4 Å². The predicted molar refractivity (Wildman–Crippen MR) is 103 cm³/mol. The highest BCUT2D eigenvalue weighted by atomic mass is 32.3. The Kier molecular flexibility index (Phi) is 4.98. The summed E-state index contributed by atoms with van der Waals surface area (Å²) < 4.78 is 37.7. The van der Waals surface area contributed by atoms with E-state index in [1.807, 2.05) is 0 Å². The fraction of sp³-hybridized carbons (Fsp3) is 1.00. The minimum atomic E-state index is -4.44. The van der Waals surface area contributed by atoms with Crippen LogP contribution >= 0.6 is 0 Å². The minimum absolute atomic E-state index is 0.128. The first-order valence-electron chi connectivity index (χ1n) is 10.9. The van der Waals surface area contributed by atoms with E-state index in [1.54, 1.807) is 0 Å². The van der Waals surface area contributed by atoms with Crippen LogP contribution in [0.2, 0.25) is 0 Å². The largest absolute Gasteiger partial charge is 0.397 e. The smallest absolute Gasteiger partial charge is 0.393 e. The van der Waals surface area contributed by atoms with Crippen molar-refractivity contribution in [1.82, 2.24) is 0 Å². The molecule has 6 heteroatoms. The number of hydrogen-bond acceptors (Lipinski definition) is 4. The second kappa shape index (κ2) is 6.68. The molecule has 0 heterocycles. The van der Waals surface area contributed by atoms with Crippen molar-refractivity contribution in [2.75, 3.05) is 0 Å². The average molecular weight is 401 g/mol. The Labute approximate surface area is 164 Å². The van der Waals surface area contributed by atoms with Gasteiger partial charge < -0.3 is 5.11 Å². The van der Waals surface area contributed by atoms with Crippen molar-refractivity contribution in [2.24, 2.45) is 40.4 Å². The Morgan fingerprint density at radius 3 is 2.30 bits per heavy atom. The van der Waals surface area contributed by atoms with Gasteiger partial charge in [0, 0.05) is 0 Å². The third-order valence-electron chi connectivity index (χ3n) is 9.40. The van der Waals surface area contributed by atoms with Gasteiger partial charge in [-0.3, -0.25) is 4.55 Å². The lowest BCUT2D eigenvalue weighted by Crippen LogP contribution is -2.59. The molecule has 0 aliphatic heterocycles. The molecule has 2 N–H and O–H groups in total. The van der Waals surface area contributed by atoms with Gasteiger partial charge in [0.1, 0.15) is 0 Å². The summed E-state index contributed by atoms with van der Waals surface area (Å²) in [6.45, 7) is 6.73. The summed E-state index contributed by atoms with van der Waals surface area (Å²) in [5.74, 6) is 2.51. The number of aliphatic hydroxyl groups excluding tert-OH is 1. The predicted octanol–water partition coefficient (Wildman–Crippen LogP) is 4.21. The quantitative estimate of drug-likeness (QED) is 0.678. The molecule has 4 aliphatic rings. The monoisotopic (exact) mass is 400 g/mol. The molecule has 0 aromatic rings. The van der Waals surface area contributed by atoms with E-state index in [4.69, 9.17) is 4.18 Å². The first-order chi connectivity index (χ1) is 12.5. The number of fused-ring (bicyclic) bond motifs is 5. The Morgan fingerprint density at radius 1 is 0.926 bits per heavy atom. The molecule has 0 spiro atoms. The molecule has 0 aromatic carbocycles. The third-order valence-corrected chi connectivity index (χ3v) is 9.85. The lowest BCUT2D eigenvalue weighted by atomic mass is 9.42. The van der Waals surface area contributed by atoms with E-state index in [0.717, 1.165) is 44.9 Å². The van der Waals surface area contributed by atoms with Crippen LogP contribution in [0.15, 0.2) is 0 Å². The molecule has 0 saturated heterocycles. The zero-order valence-corrected chi connectivity index (χ0v) is 17.7. The highest BCUT2D eigenvalue weighted by molar-refractivity contribution is 7.80. The van der Waals surface area contributed by atoms with E-state index in [0.29, 0.717) is 29.1 Å². The van der Waals surface area contributed by atoms with E-state index in [2.05, 4.69) is 20.8 Å². The van der Waals surface area contributed by atoms with Crippen LogP contribution in [0.5, 0.6) is 0 Å². The van der Waals surface area contributed by atoms with Gasteiger partial charge in [-0.05, 0) is 98.2 Å². The Morgan fingerprint density at radius 2 is 1.59 bits per heavy atom. The molecule has 4 saturated carbocycles. The molecule has 0 amide bonds. The second-order valence-corrected chi connectivity index (χ2v) is 11.7. The summed E-state index contributed by atoms with van der Waals surface area (Å²) >= 11 is 0. The van der Waals surface area contributed by atoms with Crippen LogP contribution in [0.25, 0.3) is 0 Å². The van der Waals surface area contributed by atoms with E-state index in [-0.39, 0.29) is 17.4 Å². The lowest BCUT2D eigenvalue weighted by Gasteiger charge is -2.64. The number of hydrogen-bond donors (Lipinski definition) is 2. The fourth-order valence-electron chi connectivity index (χ4n) is 8.06. The maximum atomic E-state index is 11.5. The first-order valence-corrected chi connectivity index (χ1v) is 12.2. The summed E-state index contributed by atoms with van der Waals surface area (Å²) in [6.07, 6.45) is 8.97. The van der Waals surface area contributed by atoms with Gasteiger partial charge in [-0.25, -0.2) is 4.18 Å². The first kappa shape index (κ1) is 20.1. The molecule has 0 radical (unpaired) electrons. The molecular formula is C21H36O5S. The molecule has 4 aliphatic carbocycles. The van der Waals surface area contributed by atoms with Gasteiger partial charge in [-0.1, -0.05) is 20.8 Å². The fourth-order valence-corrected chi connectivity index (χ4v) is 8.73. The van der Waals surface area contributed by atoms with Crippen molar-refractivity contribution in [3.63, 3.8) is 0 Å². The molecule has 9 atom stereocenters. The van der Waals surface area contributed by atoms with Gasteiger partial charge in [0.25, 0.3) is 0 Å². The van der Waals surface area contributed by atoms with Crippen LogP contribution in [0.3, 0.4) is 0 Å². The van der Waals surface area contributed by atoms with Crippen molar-refractivity contribution < 1.29 is 22.3 Å². The summed E-state index contributed by atoms with van der Waals surface area (Å²) in [6, 6.07) is 0. The molecule has 0 aromatic heterocycles. The Bertz CT molecular complexity index is 678. The highest BCUT2D eigenvalue weighted by Crippen LogP contribution is 2.66. The van der Waals surface area contributed by atoms with Gasteiger partial charge in [-0.15, -0.1) is 0 Å². The minimum Gasteiger partial charge on any atom is -0.393 e. The van der Waals surface area contributed by atoms with Crippen molar-refractivity contribution in [3.05, 3.63) is 0 Å². The zero-order valence-electron chi connectivity index (χ0n) is 16.9. The molecule has 4 fully saturated rings. The lowest BCUT2D eigenvalue weighted by molar-refractivity contribution is -0.171. The number of aliphatic hydroxyl groups is 1. The average Bonchev–Trinajstić information content (AvgIpc) is 2.57. The molecule has 156 valence electrons. The van der Waals surface area contributed by atoms with Crippen molar-refractivity contribution >= 4 is 10.4 Å². The molecule has 4 rings (SSSR count). The second-order valence-electron chi connectivity index (χ2n) is 10.6. The van der Waals surface area contributed by atoms with Gasteiger partial charge >= 0.3 is 10.4 Å². The summed E-state index contributed by atoms with van der Waals surface area (Å²) in [5.41, 5.74) is 0.123. The number of rotatable bonds is 2. The van der Waals surface area contributed by atoms with E-state index in [9.17, 15) is 18.1 Å². The molecule has 9 unspecified atom stereocenters. The molecule has 0 bridgehead atoms. The highest BCUT2D eigenvalue weighted by Gasteiger charge is 2.60. The van der Waals surface area contributed by atoms with Crippen LogP contribution in [-0.2, 0) is 14.6 Å². The maximum Gasteiger partial charge on any atom is 0.397 e. The van der Waals surface area contributed by atoms with Crippen LogP contribution in [0.4, 0.5) is 0 Å². The summed E-state index contributed by atoms with van der Waals surface area (Å²) in [4.78, 5) is 0. The zero-order chi connectivity index (χ0) is 19.6. The van der Waals surface area contributed by atoms with E-state index < -0.39 is 16.5 Å². The van der Waals surface area contributed by atoms with E-state index in [1.165, 1.54) is 12.8 Å². The van der Waals surface area contributed by atoms with Crippen LogP contribution in [-0.4, -0.2) is 30.3 Å². The van der Waals surface area contributed by atoms with Crippen molar-refractivity contribution in [1.29, 1.82) is 0 Å². The van der Waals surface area contributed by atoms with Gasteiger partial charge in [0.05, 0.1) is 12.2 Å². The van der Waals surface area contributed by atoms with Crippen molar-refractivity contribution in [2.45, 2.75) is 90.8 Å². The van der Waals surface area contributed by atoms with Gasteiger partial charge in [0.15, 0.2) is 0 Å². The van der Waals surface area contributed by atoms with Gasteiger partial charge in [0.2, 0.25) is 0 Å². The van der Waals surface area contributed by atoms with Crippen LogP contribution < -0.4 is 0 Å². The summed E-state index contributed by atoms with van der Waals surface area (Å²) in [5, 5.41) is 10.2.